The summed E-state index contributed by atoms with van der Waals surface area (Å²) in [5, 5.41) is 5.02. The van der Waals surface area contributed by atoms with E-state index in [1.807, 2.05) is 41.8 Å². The number of aryl methyl sites for hydroxylation is 1. The minimum Gasteiger partial charge on any atom is -0.372 e. The molecule has 0 aliphatic carbocycles. The number of nitrogens with one attached hydrogen (secondary N) is 1. The van der Waals surface area contributed by atoms with E-state index < -0.39 is 0 Å². The quantitative estimate of drug-likeness (QED) is 0.596. The van der Waals surface area contributed by atoms with E-state index >= 15 is 0 Å². The van der Waals surface area contributed by atoms with Gasteiger partial charge in [-0.2, -0.15) is 0 Å². The Kier molecular flexibility index (Phi) is 6.99. The summed E-state index contributed by atoms with van der Waals surface area (Å²) >= 11 is 1.69. The van der Waals surface area contributed by atoms with Crippen molar-refractivity contribution < 1.29 is 9.53 Å². The molecular weight excluding hydrogens is 342 g/mol. The summed E-state index contributed by atoms with van der Waals surface area (Å²) in [6, 6.07) is 22.4. The summed E-state index contributed by atoms with van der Waals surface area (Å²) in [5.74, 6) is 0.0914. The van der Waals surface area contributed by atoms with Gasteiger partial charge in [-0.05, 0) is 34.6 Å². The van der Waals surface area contributed by atoms with Gasteiger partial charge in [0.25, 0.3) is 0 Å². The van der Waals surface area contributed by atoms with Gasteiger partial charge in [-0.15, -0.1) is 11.3 Å². The van der Waals surface area contributed by atoms with Crippen molar-refractivity contribution in [3.8, 4) is 0 Å². The number of rotatable bonds is 9. The SMILES string of the molecule is O=C(CCc1cccs1)NCc1ccc(COCc2ccccc2)cc1. The second-order valence-corrected chi connectivity index (χ2v) is 7.18. The Morgan fingerprint density at radius 2 is 1.54 bits per heavy atom. The third kappa shape index (κ3) is 6.14. The molecule has 1 amide bonds. The molecule has 4 heteroatoms. The number of thiophene rings is 1. The molecule has 0 radical (unpaired) electrons. The van der Waals surface area contributed by atoms with Gasteiger partial charge in [0, 0.05) is 17.8 Å². The third-order valence-electron chi connectivity index (χ3n) is 4.07. The van der Waals surface area contributed by atoms with Crippen LogP contribution in [0.25, 0.3) is 0 Å². The van der Waals surface area contributed by atoms with Gasteiger partial charge in [-0.3, -0.25) is 4.79 Å². The van der Waals surface area contributed by atoms with E-state index in [4.69, 9.17) is 4.74 Å². The molecule has 0 unspecified atom stereocenters. The minimum atomic E-state index is 0.0914. The smallest absolute Gasteiger partial charge is 0.220 e. The van der Waals surface area contributed by atoms with Crippen LogP contribution >= 0.6 is 11.3 Å². The maximum atomic E-state index is 11.9. The van der Waals surface area contributed by atoms with Crippen LogP contribution in [0.1, 0.15) is 28.0 Å². The Morgan fingerprint density at radius 3 is 2.23 bits per heavy atom. The number of carbonyl (C=O) groups excluding carboxylic acids is 1. The first-order valence-corrected chi connectivity index (χ1v) is 9.66. The number of carbonyl (C=O) groups is 1. The van der Waals surface area contributed by atoms with Gasteiger partial charge in [0.05, 0.1) is 13.2 Å². The first-order chi connectivity index (χ1) is 12.8. The molecule has 26 heavy (non-hydrogen) atoms. The number of hydrogen-bond acceptors (Lipinski definition) is 3. The zero-order chi connectivity index (χ0) is 18.0. The van der Waals surface area contributed by atoms with E-state index in [2.05, 4.69) is 35.6 Å². The molecule has 0 saturated heterocycles. The maximum Gasteiger partial charge on any atom is 0.220 e. The van der Waals surface area contributed by atoms with Crippen LogP contribution < -0.4 is 5.32 Å². The Morgan fingerprint density at radius 1 is 0.846 bits per heavy atom. The first kappa shape index (κ1) is 18.4. The van der Waals surface area contributed by atoms with Crippen LogP contribution in [0.15, 0.2) is 72.1 Å². The highest BCUT2D eigenvalue weighted by Crippen LogP contribution is 2.11. The highest BCUT2D eigenvalue weighted by Gasteiger charge is 2.03. The molecule has 0 bridgehead atoms. The summed E-state index contributed by atoms with van der Waals surface area (Å²) in [6.07, 6.45) is 1.34. The molecule has 1 heterocycles. The fraction of sp³-hybridized carbons (Fsp3) is 0.227. The van der Waals surface area contributed by atoms with Crippen LogP contribution in [0.2, 0.25) is 0 Å². The fourth-order valence-corrected chi connectivity index (χ4v) is 3.30. The molecule has 3 aromatic rings. The lowest BCUT2D eigenvalue weighted by Crippen LogP contribution is -2.22. The van der Waals surface area contributed by atoms with Gasteiger partial charge in [-0.1, -0.05) is 60.7 Å². The molecule has 3 rings (SSSR count). The maximum absolute atomic E-state index is 11.9. The fourth-order valence-electron chi connectivity index (χ4n) is 2.59. The van der Waals surface area contributed by atoms with E-state index in [-0.39, 0.29) is 5.91 Å². The molecule has 0 atom stereocenters. The molecule has 3 nitrogen and oxygen atoms in total. The van der Waals surface area contributed by atoms with Gasteiger partial charge in [0.15, 0.2) is 0 Å². The van der Waals surface area contributed by atoms with Crippen LogP contribution in [0.3, 0.4) is 0 Å². The van der Waals surface area contributed by atoms with E-state index in [1.165, 1.54) is 10.4 Å². The molecule has 0 aliphatic heterocycles. The average Bonchev–Trinajstić information content (AvgIpc) is 3.20. The molecule has 2 aromatic carbocycles. The minimum absolute atomic E-state index is 0.0914. The normalized spacial score (nSPS) is 10.6. The van der Waals surface area contributed by atoms with Crippen molar-refractivity contribution in [3.05, 3.63) is 93.7 Å². The summed E-state index contributed by atoms with van der Waals surface area (Å²) in [4.78, 5) is 13.2. The van der Waals surface area contributed by atoms with E-state index in [0.29, 0.717) is 26.2 Å². The van der Waals surface area contributed by atoms with Crippen LogP contribution in [-0.2, 0) is 35.7 Å². The molecule has 0 spiro atoms. The summed E-state index contributed by atoms with van der Waals surface area (Å²) < 4.78 is 5.74. The Hall–Kier alpha value is -2.43. The van der Waals surface area contributed by atoms with Gasteiger partial charge >= 0.3 is 0 Å². The van der Waals surface area contributed by atoms with Crippen molar-refractivity contribution in [1.29, 1.82) is 0 Å². The molecule has 0 aliphatic rings. The predicted octanol–water partition coefficient (Wildman–Crippen LogP) is 4.71. The number of amides is 1. The topological polar surface area (TPSA) is 38.3 Å². The Balaban J connectivity index is 1.36. The van der Waals surface area contributed by atoms with Crippen LogP contribution in [-0.4, -0.2) is 5.91 Å². The monoisotopic (exact) mass is 365 g/mol. The predicted molar refractivity (Wildman–Crippen MR) is 106 cm³/mol. The van der Waals surface area contributed by atoms with Crippen LogP contribution in [0.4, 0.5) is 0 Å². The molecule has 1 aromatic heterocycles. The first-order valence-electron chi connectivity index (χ1n) is 8.78. The Bertz CT molecular complexity index is 783. The van der Waals surface area contributed by atoms with Crippen molar-refractivity contribution in [2.24, 2.45) is 0 Å². The van der Waals surface area contributed by atoms with Crippen molar-refractivity contribution in [2.45, 2.75) is 32.6 Å². The van der Waals surface area contributed by atoms with Crippen molar-refractivity contribution in [2.75, 3.05) is 0 Å². The molecule has 1 N–H and O–H groups in total. The summed E-state index contributed by atoms with van der Waals surface area (Å²) in [6.45, 7) is 1.76. The van der Waals surface area contributed by atoms with E-state index in [9.17, 15) is 4.79 Å². The second kappa shape index (κ2) is 9.90. The standard InChI is InChI=1S/C22H23NO2S/c24-22(13-12-21-7-4-14-26-21)23-15-18-8-10-20(11-9-18)17-25-16-19-5-2-1-3-6-19/h1-11,14H,12-13,15-17H2,(H,23,24). The number of ether oxygens (including phenoxy) is 1. The van der Waals surface area contributed by atoms with E-state index in [1.54, 1.807) is 11.3 Å². The van der Waals surface area contributed by atoms with Gasteiger partial charge in [0.1, 0.15) is 0 Å². The van der Waals surface area contributed by atoms with Crippen molar-refractivity contribution in [3.63, 3.8) is 0 Å². The van der Waals surface area contributed by atoms with Crippen LogP contribution in [0, 0.1) is 0 Å². The molecule has 134 valence electrons. The lowest BCUT2D eigenvalue weighted by Gasteiger charge is -2.07. The highest BCUT2D eigenvalue weighted by atomic mass is 32.1. The molecule has 0 fully saturated rings. The van der Waals surface area contributed by atoms with Gasteiger partial charge in [-0.25, -0.2) is 0 Å². The summed E-state index contributed by atoms with van der Waals surface area (Å²) in [5.41, 5.74) is 3.41. The van der Waals surface area contributed by atoms with Gasteiger partial charge in [0.2, 0.25) is 5.91 Å². The third-order valence-corrected chi connectivity index (χ3v) is 5.01. The average molecular weight is 365 g/mol. The van der Waals surface area contributed by atoms with Crippen molar-refractivity contribution >= 4 is 17.2 Å². The largest absolute Gasteiger partial charge is 0.372 e. The lowest BCUT2D eigenvalue weighted by atomic mass is 10.1. The second-order valence-electron chi connectivity index (χ2n) is 6.15. The van der Waals surface area contributed by atoms with Gasteiger partial charge < -0.3 is 10.1 Å². The summed E-state index contributed by atoms with van der Waals surface area (Å²) in [7, 11) is 0. The highest BCUT2D eigenvalue weighted by molar-refractivity contribution is 7.09. The zero-order valence-corrected chi connectivity index (χ0v) is 15.5. The number of hydrogen-bond donors (Lipinski definition) is 1. The van der Waals surface area contributed by atoms with Crippen LogP contribution in [0.5, 0.6) is 0 Å². The van der Waals surface area contributed by atoms with E-state index in [0.717, 1.165) is 17.5 Å². The zero-order valence-electron chi connectivity index (χ0n) is 14.7. The Labute approximate surface area is 158 Å². The number of benzene rings is 2. The van der Waals surface area contributed by atoms with Crippen molar-refractivity contribution in [1.82, 2.24) is 5.32 Å². The lowest BCUT2D eigenvalue weighted by molar-refractivity contribution is -0.121. The molecular formula is C22H23NO2S. The molecule has 0 saturated carbocycles.